The monoisotopic (exact) mass is 277 g/mol. The third kappa shape index (κ3) is 2.73. The van der Waals surface area contributed by atoms with Gasteiger partial charge in [0.05, 0.1) is 22.7 Å². The molecule has 0 fully saturated rings. The van der Waals surface area contributed by atoms with Crippen molar-refractivity contribution < 1.29 is 9.59 Å². The van der Waals surface area contributed by atoms with Gasteiger partial charge < -0.3 is 5.32 Å². The van der Waals surface area contributed by atoms with Crippen molar-refractivity contribution in [3.05, 3.63) is 39.3 Å². The molecule has 0 spiro atoms. The number of thiophene rings is 1. The second-order valence-electron chi connectivity index (χ2n) is 4.25. The highest BCUT2D eigenvalue weighted by atomic mass is 32.1. The summed E-state index contributed by atoms with van der Waals surface area (Å²) in [7, 11) is 1.79. The Morgan fingerprint density at radius 2 is 2.16 bits per heavy atom. The van der Waals surface area contributed by atoms with Crippen LogP contribution in [0.4, 0.5) is 0 Å². The largest absolute Gasteiger partial charge is 0.344 e. The predicted octanol–water partition coefficient (Wildman–Crippen LogP) is 1.71. The topological polar surface area (TPSA) is 64.0 Å². The minimum atomic E-state index is -0.256. The highest BCUT2D eigenvalue weighted by molar-refractivity contribution is 7.12. The molecule has 100 valence electrons. The van der Waals surface area contributed by atoms with Gasteiger partial charge in [0.1, 0.15) is 0 Å². The number of nitrogens with one attached hydrogen (secondary N) is 1. The van der Waals surface area contributed by atoms with Crippen molar-refractivity contribution in [3.63, 3.8) is 0 Å². The zero-order chi connectivity index (χ0) is 14.0. The molecule has 0 atom stereocenters. The fourth-order valence-corrected chi connectivity index (χ4v) is 2.54. The molecule has 0 bridgehead atoms. The summed E-state index contributed by atoms with van der Waals surface area (Å²) in [6, 6.07) is 3.56. The molecule has 0 aliphatic heterocycles. The molecule has 0 saturated carbocycles. The molecule has 1 amide bonds. The van der Waals surface area contributed by atoms with E-state index in [9.17, 15) is 9.59 Å². The van der Waals surface area contributed by atoms with E-state index in [2.05, 4.69) is 10.4 Å². The molecular weight excluding hydrogens is 262 g/mol. The van der Waals surface area contributed by atoms with Gasteiger partial charge in [-0.3, -0.25) is 14.3 Å². The average molecular weight is 277 g/mol. The summed E-state index contributed by atoms with van der Waals surface area (Å²) in [6.07, 6.45) is 0. The highest BCUT2D eigenvalue weighted by Gasteiger charge is 2.18. The second kappa shape index (κ2) is 5.36. The smallest absolute Gasteiger partial charge is 0.255 e. The predicted molar refractivity (Wildman–Crippen MR) is 73.7 cm³/mol. The van der Waals surface area contributed by atoms with E-state index < -0.39 is 0 Å². The van der Waals surface area contributed by atoms with Crippen LogP contribution in [0.25, 0.3) is 0 Å². The number of nitrogens with zero attached hydrogens (tertiary/aromatic N) is 2. The van der Waals surface area contributed by atoms with Crippen molar-refractivity contribution >= 4 is 23.0 Å². The Kier molecular flexibility index (Phi) is 3.80. The number of amides is 1. The molecule has 0 aliphatic rings. The first kappa shape index (κ1) is 13.5. The highest BCUT2D eigenvalue weighted by Crippen LogP contribution is 2.12. The molecule has 2 aromatic rings. The summed E-state index contributed by atoms with van der Waals surface area (Å²) in [5, 5.41) is 8.67. The Hall–Kier alpha value is -1.95. The molecular formula is C13H15N3O2S. The van der Waals surface area contributed by atoms with Crippen LogP contribution in [0.1, 0.15) is 31.4 Å². The zero-order valence-corrected chi connectivity index (χ0v) is 11.9. The number of aromatic nitrogens is 2. The van der Waals surface area contributed by atoms with Gasteiger partial charge in [-0.05, 0) is 25.3 Å². The standard InChI is InChI=1S/C13H15N3O2S/c1-8-12(9(2)16(3)15-8)13(18)14-7-10(17)11-5-4-6-19-11/h4-6H,7H2,1-3H3,(H,14,18). The van der Waals surface area contributed by atoms with Crippen molar-refractivity contribution in [2.75, 3.05) is 6.54 Å². The first-order chi connectivity index (χ1) is 9.00. The van der Waals surface area contributed by atoms with Crippen LogP contribution in [0.3, 0.4) is 0 Å². The van der Waals surface area contributed by atoms with E-state index in [1.165, 1.54) is 11.3 Å². The Labute approximate surface area is 115 Å². The van der Waals surface area contributed by atoms with E-state index in [4.69, 9.17) is 0 Å². The molecule has 5 nitrogen and oxygen atoms in total. The molecule has 1 N–H and O–H groups in total. The lowest BCUT2D eigenvalue weighted by Gasteiger charge is -2.04. The fraction of sp³-hybridized carbons (Fsp3) is 0.308. The fourth-order valence-electron chi connectivity index (χ4n) is 1.88. The lowest BCUT2D eigenvalue weighted by Crippen LogP contribution is -2.30. The maximum absolute atomic E-state index is 12.1. The zero-order valence-electron chi connectivity index (χ0n) is 11.1. The quantitative estimate of drug-likeness (QED) is 0.865. The van der Waals surface area contributed by atoms with Gasteiger partial charge >= 0.3 is 0 Å². The molecule has 2 heterocycles. The van der Waals surface area contributed by atoms with Gasteiger partial charge in [0, 0.05) is 12.7 Å². The molecule has 0 saturated heterocycles. The van der Waals surface area contributed by atoms with E-state index >= 15 is 0 Å². The molecule has 6 heteroatoms. The summed E-state index contributed by atoms with van der Waals surface area (Å²) < 4.78 is 1.66. The molecule has 19 heavy (non-hydrogen) atoms. The van der Waals surface area contributed by atoms with Crippen LogP contribution < -0.4 is 5.32 Å². The number of hydrogen-bond donors (Lipinski definition) is 1. The number of carbonyl (C=O) groups excluding carboxylic acids is 2. The van der Waals surface area contributed by atoms with Crippen LogP contribution in [0.2, 0.25) is 0 Å². The van der Waals surface area contributed by atoms with Crippen molar-refractivity contribution in [1.82, 2.24) is 15.1 Å². The summed E-state index contributed by atoms with van der Waals surface area (Å²) in [5.74, 6) is -0.337. The van der Waals surface area contributed by atoms with Gasteiger partial charge in [-0.25, -0.2) is 0 Å². The Morgan fingerprint density at radius 3 is 2.68 bits per heavy atom. The minimum absolute atomic E-state index is 0.00706. The first-order valence-electron chi connectivity index (χ1n) is 5.85. The Balaban J connectivity index is 2.04. The van der Waals surface area contributed by atoms with Gasteiger partial charge in [0.2, 0.25) is 0 Å². The van der Waals surface area contributed by atoms with Crippen molar-refractivity contribution in [1.29, 1.82) is 0 Å². The maximum Gasteiger partial charge on any atom is 0.255 e. The lowest BCUT2D eigenvalue weighted by molar-refractivity contribution is 0.0904. The van der Waals surface area contributed by atoms with Gasteiger partial charge in [-0.2, -0.15) is 5.10 Å². The van der Waals surface area contributed by atoms with E-state index in [1.807, 2.05) is 18.4 Å². The van der Waals surface area contributed by atoms with E-state index in [-0.39, 0.29) is 18.2 Å². The SMILES string of the molecule is Cc1nn(C)c(C)c1C(=O)NCC(=O)c1cccs1. The van der Waals surface area contributed by atoms with Crippen molar-refractivity contribution in [3.8, 4) is 0 Å². The Bertz CT molecular complexity index is 614. The summed E-state index contributed by atoms with van der Waals surface area (Å²) >= 11 is 1.37. The molecule has 0 aromatic carbocycles. The van der Waals surface area contributed by atoms with E-state index in [1.54, 1.807) is 24.7 Å². The van der Waals surface area contributed by atoms with Crippen LogP contribution in [-0.4, -0.2) is 28.0 Å². The maximum atomic E-state index is 12.1. The number of aryl methyl sites for hydroxylation is 2. The number of Topliss-reactive ketones (excluding diaryl/α,β-unsaturated/α-hetero) is 1. The number of carbonyl (C=O) groups is 2. The van der Waals surface area contributed by atoms with Crippen molar-refractivity contribution in [2.24, 2.45) is 7.05 Å². The lowest BCUT2D eigenvalue weighted by atomic mass is 10.2. The second-order valence-corrected chi connectivity index (χ2v) is 5.20. The number of ketones is 1. The first-order valence-corrected chi connectivity index (χ1v) is 6.73. The van der Waals surface area contributed by atoms with Gasteiger partial charge in [0.25, 0.3) is 5.91 Å². The van der Waals surface area contributed by atoms with Crippen LogP contribution in [0.15, 0.2) is 17.5 Å². The van der Waals surface area contributed by atoms with Gasteiger partial charge in [-0.1, -0.05) is 6.07 Å². The van der Waals surface area contributed by atoms with Crippen LogP contribution in [-0.2, 0) is 7.05 Å². The van der Waals surface area contributed by atoms with Crippen LogP contribution in [0.5, 0.6) is 0 Å². The molecule has 0 radical (unpaired) electrons. The molecule has 0 aliphatic carbocycles. The van der Waals surface area contributed by atoms with Crippen LogP contribution >= 0.6 is 11.3 Å². The van der Waals surface area contributed by atoms with E-state index in [0.29, 0.717) is 16.1 Å². The molecule has 2 rings (SSSR count). The number of rotatable bonds is 4. The average Bonchev–Trinajstić information content (AvgIpc) is 2.96. The summed E-state index contributed by atoms with van der Waals surface area (Å²) in [6.45, 7) is 3.62. The molecule has 2 aromatic heterocycles. The normalized spacial score (nSPS) is 10.5. The van der Waals surface area contributed by atoms with E-state index in [0.717, 1.165) is 5.69 Å². The summed E-state index contributed by atoms with van der Waals surface area (Å²) in [5.41, 5.74) is 2.00. The van der Waals surface area contributed by atoms with Crippen molar-refractivity contribution in [2.45, 2.75) is 13.8 Å². The third-order valence-electron chi connectivity index (χ3n) is 2.94. The molecule has 0 unspecified atom stereocenters. The summed E-state index contributed by atoms with van der Waals surface area (Å²) in [4.78, 5) is 24.5. The number of hydrogen-bond acceptors (Lipinski definition) is 4. The Morgan fingerprint density at radius 1 is 1.42 bits per heavy atom. The third-order valence-corrected chi connectivity index (χ3v) is 3.85. The minimum Gasteiger partial charge on any atom is -0.344 e. The van der Waals surface area contributed by atoms with Gasteiger partial charge in [0.15, 0.2) is 5.78 Å². The van der Waals surface area contributed by atoms with Crippen LogP contribution in [0, 0.1) is 13.8 Å². The van der Waals surface area contributed by atoms with Gasteiger partial charge in [-0.15, -0.1) is 11.3 Å².